The summed E-state index contributed by atoms with van der Waals surface area (Å²) in [6, 6.07) is 10.7. The normalized spacial score (nSPS) is 14.2. The van der Waals surface area contributed by atoms with Crippen molar-refractivity contribution >= 4 is 23.0 Å². The lowest BCUT2D eigenvalue weighted by molar-refractivity contribution is -0.0495. The number of likely N-dealkylation sites (N-methyl/N-ethyl adjacent to an activating group) is 1. The van der Waals surface area contributed by atoms with Crippen molar-refractivity contribution in [3.63, 3.8) is 0 Å². The molecule has 0 saturated carbocycles. The zero-order valence-electron chi connectivity index (χ0n) is 19.9. The molecule has 2 aromatic carbocycles. The highest BCUT2D eigenvalue weighted by molar-refractivity contribution is 6.07. The van der Waals surface area contributed by atoms with Crippen LogP contribution in [-0.4, -0.2) is 60.6 Å². The highest BCUT2D eigenvalue weighted by atomic mass is 19.3. The van der Waals surface area contributed by atoms with Crippen LogP contribution in [0.5, 0.6) is 5.75 Å². The number of piperazine rings is 1. The lowest BCUT2D eigenvalue weighted by Crippen LogP contribution is -2.44. The number of nitrogens with zero attached hydrogens (tertiary/aromatic N) is 5. The summed E-state index contributed by atoms with van der Waals surface area (Å²) in [4.78, 5) is 25.6. The zero-order chi connectivity index (χ0) is 24.9. The van der Waals surface area contributed by atoms with Crippen LogP contribution in [0.25, 0.3) is 0 Å². The Bertz CT molecular complexity index is 1150. The Balaban J connectivity index is 1.71. The molecule has 3 aromatic rings. The second-order valence-corrected chi connectivity index (χ2v) is 8.47. The fourth-order valence-corrected chi connectivity index (χ4v) is 4.12. The number of aryl methyl sites for hydroxylation is 2. The molecular weight excluding hydrogens is 454 g/mol. The van der Waals surface area contributed by atoms with Crippen LogP contribution in [0.15, 0.2) is 55.1 Å². The molecule has 1 aliphatic heterocycles. The third kappa shape index (κ3) is 5.65. The first-order valence-corrected chi connectivity index (χ1v) is 11.3. The fraction of sp³-hybridized carbons (Fsp3) is 0.320. The Hall–Kier alpha value is -3.79. The number of carbonyl (C=O) groups is 1. The van der Waals surface area contributed by atoms with E-state index in [-0.39, 0.29) is 17.2 Å². The maximum absolute atomic E-state index is 13.5. The Morgan fingerprint density at radius 1 is 1.06 bits per heavy atom. The average molecular weight is 483 g/mol. The predicted molar refractivity (Wildman–Crippen MR) is 131 cm³/mol. The molecule has 1 saturated heterocycles. The van der Waals surface area contributed by atoms with Gasteiger partial charge in [-0.15, -0.1) is 0 Å². The van der Waals surface area contributed by atoms with E-state index in [9.17, 15) is 13.6 Å². The number of halogens is 2. The molecule has 0 radical (unpaired) electrons. The molecule has 1 fully saturated rings. The number of ether oxygens (including phenoxy) is 1. The Labute approximate surface area is 203 Å². The van der Waals surface area contributed by atoms with Crippen molar-refractivity contribution in [1.29, 1.82) is 0 Å². The quantitative estimate of drug-likeness (QED) is 0.508. The van der Waals surface area contributed by atoms with Gasteiger partial charge in [-0.1, -0.05) is 18.2 Å². The van der Waals surface area contributed by atoms with Gasteiger partial charge in [0.1, 0.15) is 6.33 Å². The molecular formula is C25H28F2N6O2. The average Bonchev–Trinajstić information content (AvgIpc) is 2.84. The summed E-state index contributed by atoms with van der Waals surface area (Å²) in [6.45, 7) is 3.86. The van der Waals surface area contributed by atoms with Crippen LogP contribution < -0.4 is 20.1 Å². The first kappa shape index (κ1) is 24.3. The monoisotopic (exact) mass is 482 g/mol. The third-order valence-corrected chi connectivity index (χ3v) is 5.93. The summed E-state index contributed by atoms with van der Waals surface area (Å²) in [7, 11) is 2.03. The number of hydrogen-bond donors (Lipinski definition) is 1. The third-order valence-electron chi connectivity index (χ3n) is 5.93. The van der Waals surface area contributed by atoms with Crippen LogP contribution in [0, 0.1) is 13.8 Å². The lowest BCUT2D eigenvalue weighted by atomic mass is 10.1. The van der Waals surface area contributed by atoms with E-state index in [1.807, 2.05) is 44.0 Å². The summed E-state index contributed by atoms with van der Waals surface area (Å²) in [5.41, 5.74) is 6.77. The number of rotatable bonds is 7. The number of nitrogens with one attached hydrogen (secondary N) is 1. The van der Waals surface area contributed by atoms with Crippen LogP contribution in [0.2, 0.25) is 0 Å². The SMILES string of the molecule is Cc1cccc(C)c1N(Nc1ccc(N2CCN(C)CC2)c(OC(F)F)c1)C(=O)c1cncnc1. The van der Waals surface area contributed by atoms with Crippen molar-refractivity contribution in [2.45, 2.75) is 20.5 Å². The minimum absolute atomic E-state index is 0.0477. The van der Waals surface area contributed by atoms with Crippen molar-refractivity contribution in [1.82, 2.24) is 14.9 Å². The van der Waals surface area contributed by atoms with Gasteiger partial charge in [0, 0.05) is 44.6 Å². The van der Waals surface area contributed by atoms with E-state index in [0.717, 1.165) is 24.2 Å². The van der Waals surface area contributed by atoms with Gasteiger partial charge >= 0.3 is 6.61 Å². The topological polar surface area (TPSA) is 73.8 Å². The second kappa shape index (κ2) is 10.6. The molecule has 1 aromatic heterocycles. The van der Waals surface area contributed by atoms with Gasteiger partial charge in [-0.05, 0) is 44.2 Å². The molecule has 2 heterocycles. The number of amides is 1. The maximum Gasteiger partial charge on any atom is 0.387 e. The van der Waals surface area contributed by atoms with Crippen LogP contribution in [0.3, 0.4) is 0 Å². The molecule has 1 N–H and O–H groups in total. The molecule has 0 aliphatic carbocycles. The molecule has 35 heavy (non-hydrogen) atoms. The first-order chi connectivity index (χ1) is 16.8. The smallest absolute Gasteiger partial charge is 0.387 e. The molecule has 0 atom stereocenters. The summed E-state index contributed by atoms with van der Waals surface area (Å²) >= 11 is 0. The van der Waals surface area contributed by atoms with Crippen molar-refractivity contribution in [3.8, 4) is 5.75 Å². The predicted octanol–water partition coefficient (Wildman–Crippen LogP) is 4.12. The Morgan fingerprint density at radius 2 is 1.71 bits per heavy atom. The molecule has 0 unspecified atom stereocenters. The van der Waals surface area contributed by atoms with E-state index >= 15 is 0 Å². The minimum atomic E-state index is -2.98. The van der Waals surface area contributed by atoms with Crippen LogP contribution in [0.1, 0.15) is 21.5 Å². The van der Waals surface area contributed by atoms with Crippen molar-refractivity contribution in [3.05, 3.63) is 71.8 Å². The largest absolute Gasteiger partial charge is 0.433 e. The van der Waals surface area contributed by atoms with Gasteiger partial charge < -0.3 is 14.5 Å². The molecule has 0 spiro atoms. The fourth-order valence-electron chi connectivity index (χ4n) is 4.12. The molecule has 10 heteroatoms. The van der Waals surface area contributed by atoms with Crippen LogP contribution in [0.4, 0.5) is 25.8 Å². The number of alkyl halides is 2. The van der Waals surface area contributed by atoms with E-state index < -0.39 is 6.61 Å². The second-order valence-electron chi connectivity index (χ2n) is 8.47. The van der Waals surface area contributed by atoms with Gasteiger partial charge in [-0.3, -0.25) is 10.2 Å². The lowest BCUT2D eigenvalue weighted by Gasteiger charge is -2.35. The number of benzene rings is 2. The number of anilines is 3. The van der Waals surface area contributed by atoms with E-state index in [0.29, 0.717) is 30.2 Å². The van der Waals surface area contributed by atoms with E-state index in [1.54, 1.807) is 12.1 Å². The van der Waals surface area contributed by atoms with Gasteiger partial charge in [-0.25, -0.2) is 15.0 Å². The molecule has 0 bridgehead atoms. The number of hydrogen-bond acceptors (Lipinski definition) is 7. The van der Waals surface area contributed by atoms with Crippen LogP contribution in [-0.2, 0) is 0 Å². The van der Waals surface area contributed by atoms with Gasteiger partial charge in [0.2, 0.25) is 0 Å². The van der Waals surface area contributed by atoms with Gasteiger partial charge in [-0.2, -0.15) is 8.78 Å². The molecule has 1 aliphatic rings. The van der Waals surface area contributed by atoms with Gasteiger partial charge in [0.05, 0.1) is 22.6 Å². The number of para-hydroxylation sites is 1. The molecule has 1 amide bonds. The van der Waals surface area contributed by atoms with E-state index in [1.165, 1.54) is 29.8 Å². The summed E-state index contributed by atoms with van der Waals surface area (Å²) in [6.07, 6.45) is 4.21. The summed E-state index contributed by atoms with van der Waals surface area (Å²) in [5, 5.41) is 1.39. The summed E-state index contributed by atoms with van der Waals surface area (Å²) in [5.74, 6) is -0.339. The van der Waals surface area contributed by atoms with E-state index in [2.05, 4.69) is 20.3 Å². The standard InChI is InChI=1S/C25H28F2N6O2/c1-17-5-4-6-18(2)23(17)33(24(34)19-14-28-16-29-15-19)30-20-7-8-21(22(13-20)35-25(26)27)32-11-9-31(3)10-12-32/h4-8,13-16,25,30H,9-12H2,1-3H3. The highest BCUT2D eigenvalue weighted by Crippen LogP contribution is 2.35. The Morgan fingerprint density at radius 3 is 2.34 bits per heavy atom. The van der Waals surface area contributed by atoms with Gasteiger partial charge in [0.15, 0.2) is 5.75 Å². The maximum atomic E-state index is 13.5. The van der Waals surface area contributed by atoms with Gasteiger partial charge in [0.25, 0.3) is 5.91 Å². The van der Waals surface area contributed by atoms with Crippen molar-refractivity contribution in [2.75, 3.05) is 48.6 Å². The minimum Gasteiger partial charge on any atom is -0.433 e. The number of hydrazine groups is 1. The number of aromatic nitrogens is 2. The first-order valence-electron chi connectivity index (χ1n) is 11.3. The Kier molecular flexibility index (Phi) is 7.40. The van der Waals surface area contributed by atoms with Crippen molar-refractivity contribution in [2.24, 2.45) is 0 Å². The summed E-state index contributed by atoms with van der Waals surface area (Å²) < 4.78 is 31.5. The van der Waals surface area contributed by atoms with E-state index in [4.69, 9.17) is 4.74 Å². The molecule has 4 rings (SSSR count). The number of carbonyl (C=O) groups excluding carboxylic acids is 1. The molecule has 8 nitrogen and oxygen atoms in total. The molecule has 184 valence electrons. The van der Waals surface area contributed by atoms with Crippen LogP contribution >= 0.6 is 0 Å². The van der Waals surface area contributed by atoms with Crippen molar-refractivity contribution < 1.29 is 18.3 Å². The zero-order valence-corrected chi connectivity index (χ0v) is 19.9. The highest BCUT2D eigenvalue weighted by Gasteiger charge is 2.24.